The van der Waals surface area contributed by atoms with Crippen molar-refractivity contribution in [3.8, 4) is 0 Å². The van der Waals surface area contributed by atoms with Crippen molar-refractivity contribution in [1.82, 2.24) is 14.4 Å². The van der Waals surface area contributed by atoms with E-state index in [1.165, 1.54) is 5.57 Å². The molecule has 9 heteroatoms. The average molecular weight is 578 g/mol. The van der Waals surface area contributed by atoms with E-state index in [2.05, 4.69) is 41.4 Å². The van der Waals surface area contributed by atoms with Crippen LogP contribution in [0.15, 0.2) is 107 Å². The number of nitrogens with zero attached hydrogens (tertiary/aromatic N) is 4. The number of anilines is 1. The maximum Gasteiger partial charge on any atom is 0.296 e. The first-order valence-corrected chi connectivity index (χ1v) is 15.6. The van der Waals surface area contributed by atoms with Gasteiger partial charge in [0.05, 0.1) is 28.9 Å². The van der Waals surface area contributed by atoms with Crippen LogP contribution in [0, 0.1) is 12.8 Å². The Labute approximate surface area is 245 Å². The number of nitrogen functional groups attached to an aromatic ring is 1. The molecule has 0 bridgehead atoms. The highest BCUT2D eigenvalue weighted by molar-refractivity contribution is 7.86. The number of dihydropyridines is 1. The van der Waals surface area contributed by atoms with E-state index in [-0.39, 0.29) is 29.4 Å². The number of hydrogen-bond acceptors (Lipinski definition) is 7. The largest absolute Gasteiger partial charge is 0.382 e. The van der Waals surface area contributed by atoms with Crippen molar-refractivity contribution < 1.29 is 12.6 Å². The molecule has 2 aliphatic carbocycles. The van der Waals surface area contributed by atoms with E-state index >= 15 is 0 Å². The number of allylic oxidation sites excluding steroid dienone is 3. The van der Waals surface area contributed by atoms with Gasteiger partial charge in [0.1, 0.15) is 17.2 Å². The molecule has 1 atom stereocenters. The summed E-state index contributed by atoms with van der Waals surface area (Å²) in [6, 6.07) is 16.9. The van der Waals surface area contributed by atoms with E-state index < -0.39 is 10.1 Å². The molecule has 8 nitrogen and oxygen atoms in total. The first-order valence-electron chi connectivity index (χ1n) is 14.2. The lowest BCUT2D eigenvalue weighted by Crippen LogP contribution is -2.28. The van der Waals surface area contributed by atoms with Gasteiger partial charge in [0.2, 0.25) is 0 Å². The van der Waals surface area contributed by atoms with Crippen LogP contribution in [0.2, 0.25) is 0 Å². The highest BCUT2D eigenvalue weighted by Crippen LogP contribution is 2.44. The molecule has 42 heavy (non-hydrogen) atoms. The molecule has 3 aliphatic rings. The van der Waals surface area contributed by atoms with Crippen molar-refractivity contribution in [3.63, 3.8) is 0 Å². The second-order valence-electron chi connectivity index (χ2n) is 11.2. The Bertz CT molecular complexity index is 1900. The quantitative estimate of drug-likeness (QED) is 0.284. The van der Waals surface area contributed by atoms with E-state index in [0.717, 1.165) is 52.3 Å². The third kappa shape index (κ3) is 4.88. The Hall–Kier alpha value is -4.34. The number of imidazole rings is 1. The van der Waals surface area contributed by atoms with Gasteiger partial charge in [0, 0.05) is 24.7 Å². The normalized spacial score (nSPS) is 21.7. The number of nitrogens with two attached hydrogens (primary N) is 1. The highest BCUT2D eigenvalue weighted by Gasteiger charge is 2.36. The van der Waals surface area contributed by atoms with Crippen molar-refractivity contribution in [1.29, 1.82) is 0 Å². The van der Waals surface area contributed by atoms with Crippen LogP contribution in [0.1, 0.15) is 47.8 Å². The number of aromatic nitrogens is 3. The van der Waals surface area contributed by atoms with E-state index in [0.29, 0.717) is 12.2 Å². The zero-order valence-corrected chi connectivity index (χ0v) is 24.0. The molecular weight excluding hydrogens is 546 g/mol. The van der Waals surface area contributed by atoms with Gasteiger partial charge in [-0.25, -0.2) is 9.97 Å². The number of hydrogen-bond donors (Lipinski definition) is 1. The Morgan fingerprint density at radius 3 is 2.60 bits per heavy atom. The van der Waals surface area contributed by atoms with Gasteiger partial charge in [0.25, 0.3) is 10.1 Å². The smallest absolute Gasteiger partial charge is 0.296 e. The number of aliphatic imine (C=N–C) groups is 1. The monoisotopic (exact) mass is 577 g/mol. The Kier molecular flexibility index (Phi) is 6.63. The topological polar surface area (TPSA) is 112 Å². The van der Waals surface area contributed by atoms with Crippen LogP contribution in [0.4, 0.5) is 5.82 Å². The molecule has 1 unspecified atom stereocenters. The Morgan fingerprint density at radius 1 is 1.02 bits per heavy atom. The highest BCUT2D eigenvalue weighted by atomic mass is 32.2. The molecule has 2 aromatic heterocycles. The zero-order chi connectivity index (χ0) is 28.8. The van der Waals surface area contributed by atoms with Crippen molar-refractivity contribution in [2.24, 2.45) is 10.9 Å². The molecule has 0 radical (unpaired) electrons. The molecule has 1 saturated carbocycles. The van der Waals surface area contributed by atoms with Gasteiger partial charge in [0.15, 0.2) is 0 Å². The fraction of sp³-hybridized carbons (Fsp3) is 0.242. The first-order chi connectivity index (χ1) is 20.4. The molecule has 2 N–H and O–H groups in total. The average Bonchev–Trinajstić information content (AvgIpc) is 3.37. The zero-order valence-electron chi connectivity index (χ0n) is 23.2. The van der Waals surface area contributed by atoms with Crippen LogP contribution in [0.5, 0.6) is 0 Å². The summed E-state index contributed by atoms with van der Waals surface area (Å²) in [7, 11) is -3.79. The number of benzene rings is 2. The van der Waals surface area contributed by atoms with Gasteiger partial charge >= 0.3 is 0 Å². The summed E-state index contributed by atoms with van der Waals surface area (Å²) in [4.78, 5) is 14.8. The maximum atomic E-state index is 12.6. The van der Waals surface area contributed by atoms with Gasteiger partial charge in [-0.2, -0.15) is 8.42 Å². The molecule has 3 heterocycles. The standard InChI is InChI=1S/C33H31N5O3S/c1-21-7-12-27(13-8-21)42(39,40)41-20-22-17-26(18-22)33-37-30(31-32(34)35-15-16-38(31)33)25-10-9-24-11-14-28(36-29(24)19-25)23-5-3-2-4-6-23/h2-16,22,26,29H,17-20H2,1H3,(H2,34,35)/t22-,26-,29?. The molecule has 2 aromatic carbocycles. The SMILES string of the molecule is Cc1ccc(S(=O)(=O)OC[C@H]2C[C@H](c3nc(C4=CC=C5C=CC(c6ccccc6)=NC5C4)c4c(N)nccn43)C2)cc1. The second kappa shape index (κ2) is 10.5. The van der Waals surface area contributed by atoms with E-state index in [1.807, 2.05) is 35.7 Å². The minimum Gasteiger partial charge on any atom is -0.382 e. The molecule has 4 aromatic rings. The van der Waals surface area contributed by atoms with Crippen LogP contribution in [0.25, 0.3) is 11.1 Å². The second-order valence-corrected chi connectivity index (χ2v) is 12.8. The van der Waals surface area contributed by atoms with Gasteiger partial charge in [-0.15, -0.1) is 0 Å². The van der Waals surface area contributed by atoms with Crippen LogP contribution in [-0.4, -0.2) is 41.1 Å². The summed E-state index contributed by atoms with van der Waals surface area (Å²) in [6.45, 7) is 2.07. The third-order valence-electron chi connectivity index (χ3n) is 8.36. The fourth-order valence-corrected chi connectivity index (χ4v) is 6.95. The minimum absolute atomic E-state index is 0.00372. The van der Waals surface area contributed by atoms with Crippen LogP contribution in [-0.2, 0) is 14.3 Å². The molecule has 212 valence electrons. The van der Waals surface area contributed by atoms with E-state index in [9.17, 15) is 8.42 Å². The van der Waals surface area contributed by atoms with E-state index in [1.54, 1.807) is 30.5 Å². The predicted octanol–water partition coefficient (Wildman–Crippen LogP) is 5.66. The van der Waals surface area contributed by atoms with Crippen molar-refractivity contribution in [3.05, 3.63) is 120 Å². The molecule has 0 amide bonds. The van der Waals surface area contributed by atoms with Crippen molar-refractivity contribution >= 4 is 32.7 Å². The van der Waals surface area contributed by atoms with Crippen molar-refractivity contribution in [2.45, 2.75) is 43.0 Å². The van der Waals surface area contributed by atoms with Gasteiger partial charge < -0.3 is 5.73 Å². The Balaban J connectivity index is 1.10. The molecular formula is C33H31N5O3S. The van der Waals surface area contributed by atoms with Gasteiger partial charge in [-0.05, 0) is 60.6 Å². The van der Waals surface area contributed by atoms with Crippen LogP contribution >= 0.6 is 0 Å². The first kappa shape index (κ1) is 26.6. The van der Waals surface area contributed by atoms with E-state index in [4.69, 9.17) is 19.9 Å². The summed E-state index contributed by atoms with van der Waals surface area (Å²) >= 11 is 0. The van der Waals surface area contributed by atoms with Crippen LogP contribution < -0.4 is 5.73 Å². The number of fused-ring (bicyclic) bond motifs is 2. The summed E-state index contributed by atoms with van der Waals surface area (Å²) in [5.41, 5.74) is 13.4. The predicted molar refractivity (Wildman–Crippen MR) is 164 cm³/mol. The lowest BCUT2D eigenvalue weighted by atomic mass is 9.75. The summed E-state index contributed by atoms with van der Waals surface area (Å²) in [5, 5.41) is 0. The maximum absolute atomic E-state index is 12.6. The van der Waals surface area contributed by atoms with Gasteiger partial charge in [-0.3, -0.25) is 13.6 Å². The molecule has 7 rings (SSSR count). The molecule has 0 spiro atoms. The number of rotatable bonds is 7. The fourth-order valence-electron chi connectivity index (χ4n) is 5.97. The van der Waals surface area contributed by atoms with Crippen molar-refractivity contribution in [2.75, 3.05) is 12.3 Å². The lowest BCUT2D eigenvalue weighted by Gasteiger charge is -2.34. The lowest BCUT2D eigenvalue weighted by molar-refractivity contribution is 0.158. The molecule has 1 fully saturated rings. The summed E-state index contributed by atoms with van der Waals surface area (Å²) in [6.07, 6.45) is 14.3. The summed E-state index contributed by atoms with van der Waals surface area (Å²) in [5.74, 6) is 1.64. The summed E-state index contributed by atoms with van der Waals surface area (Å²) < 4.78 is 32.8. The molecule has 1 aliphatic heterocycles. The molecule has 0 saturated heterocycles. The Morgan fingerprint density at radius 2 is 1.81 bits per heavy atom. The number of aryl methyl sites for hydroxylation is 1. The van der Waals surface area contributed by atoms with Gasteiger partial charge in [-0.1, -0.05) is 66.3 Å². The third-order valence-corrected chi connectivity index (χ3v) is 9.65. The van der Waals surface area contributed by atoms with Crippen LogP contribution in [0.3, 0.4) is 0 Å². The minimum atomic E-state index is -3.79.